The first-order valence-corrected chi connectivity index (χ1v) is 6.54. The third-order valence-electron chi connectivity index (χ3n) is 2.68. The highest BCUT2D eigenvalue weighted by molar-refractivity contribution is 6.99. The number of nitrogens with zero attached hydrogens (tertiary/aromatic N) is 3. The first kappa shape index (κ1) is 12.6. The number of benzene rings is 1. The van der Waals surface area contributed by atoms with Crippen LogP contribution in [0, 0.1) is 0 Å². The van der Waals surface area contributed by atoms with Crippen molar-refractivity contribution in [1.82, 2.24) is 8.75 Å². The van der Waals surface area contributed by atoms with Crippen molar-refractivity contribution in [2.24, 2.45) is 0 Å². The molecule has 2 aromatic rings. The molecular weight excluding hydrogens is 277 g/mol. The molecule has 0 fully saturated rings. The Kier molecular flexibility index (Phi) is 3.86. The van der Waals surface area contributed by atoms with E-state index in [2.05, 4.69) is 15.7 Å². The molecular formula is C11H11Cl2N3S. The summed E-state index contributed by atoms with van der Waals surface area (Å²) in [6, 6.07) is 7.89. The second kappa shape index (κ2) is 5.21. The van der Waals surface area contributed by atoms with Crippen LogP contribution in [0.2, 0.25) is 10.2 Å². The lowest BCUT2D eigenvalue weighted by Crippen LogP contribution is -2.22. The fourth-order valence-electron chi connectivity index (χ4n) is 1.56. The number of hydrogen-bond acceptors (Lipinski definition) is 4. The van der Waals surface area contributed by atoms with E-state index in [0.717, 1.165) is 22.3 Å². The predicted octanol–water partition coefficient (Wildman–Crippen LogP) is 4.04. The molecule has 0 bridgehead atoms. The number of rotatable bonds is 3. The number of aromatic nitrogens is 2. The number of hydrogen-bond donors (Lipinski definition) is 0. The molecule has 6 heteroatoms. The third kappa shape index (κ3) is 2.70. The van der Waals surface area contributed by atoms with Crippen molar-refractivity contribution in [3.05, 3.63) is 40.0 Å². The summed E-state index contributed by atoms with van der Waals surface area (Å²) in [5.41, 5.74) is 1.11. The van der Waals surface area contributed by atoms with Crippen LogP contribution >= 0.6 is 34.9 Å². The fraction of sp³-hybridized carbons (Fsp3) is 0.273. The molecule has 0 radical (unpaired) electrons. The van der Waals surface area contributed by atoms with Gasteiger partial charge in [-0.2, -0.15) is 8.75 Å². The average molecular weight is 288 g/mol. The lowest BCUT2D eigenvalue weighted by Gasteiger charge is -2.25. The fourth-order valence-corrected chi connectivity index (χ4v) is 2.56. The highest BCUT2D eigenvalue weighted by atomic mass is 35.5. The van der Waals surface area contributed by atoms with Crippen molar-refractivity contribution in [2.45, 2.75) is 13.0 Å². The molecule has 2 rings (SSSR count). The maximum absolute atomic E-state index is 5.98. The Morgan fingerprint density at radius 3 is 2.65 bits per heavy atom. The van der Waals surface area contributed by atoms with E-state index in [9.17, 15) is 0 Å². The summed E-state index contributed by atoms with van der Waals surface area (Å²) in [7, 11) is 1.94. The van der Waals surface area contributed by atoms with Gasteiger partial charge in [0.25, 0.3) is 0 Å². The van der Waals surface area contributed by atoms with Crippen LogP contribution in [0.3, 0.4) is 0 Å². The second-order valence-electron chi connectivity index (χ2n) is 3.72. The largest absolute Gasteiger partial charge is 0.349 e. The van der Waals surface area contributed by atoms with Crippen LogP contribution in [0.15, 0.2) is 24.3 Å². The van der Waals surface area contributed by atoms with Gasteiger partial charge in [0.1, 0.15) is 0 Å². The van der Waals surface area contributed by atoms with E-state index in [4.69, 9.17) is 23.2 Å². The summed E-state index contributed by atoms with van der Waals surface area (Å²) in [5, 5.41) is 1.16. The molecule has 0 aliphatic carbocycles. The van der Waals surface area contributed by atoms with Crippen molar-refractivity contribution in [1.29, 1.82) is 0 Å². The molecule has 17 heavy (non-hydrogen) atoms. The lowest BCUT2D eigenvalue weighted by atomic mass is 10.1. The number of anilines is 1. The molecule has 1 unspecified atom stereocenters. The van der Waals surface area contributed by atoms with Gasteiger partial charge in [0.2, 0.25) is 0 Å². The van der Waals surface area contributed by atoms with Gasteiger partial charge in [0.05, 0.1) is 17.8 Å². The zero-order valence-corrected chi connectivity index (χ0v) is 11.7. The SMILES string of the molecule is CC(c1cccc(Cl)c1)N(C)c1nsnc1Cl. The highest BCUT2D eigenvalue weighted by Gasteiger charge is 2.17. The van der Waals surface area contributed by atoms with E-state index in [1.54, 1.807) is 0 Å². The summed E-state index contributed by atoms with van der Waals surface area (Å²) >= 11 is 13.1. The summed E-state index contributed by atoms with van der Waals surface area (Å²) in [5.74, 6) is 0.698. The molecule has 1 aromatic carbocycles. The van der Waals surface area contributed by atoms with Crippen molar-refractivity contribution >= 4 is 40.7 Å². The Bertz CT molecular complexity index is 515. The highest BCUT2D eigenvalue weighted by Crippen LogP contribution is 2.30. The monoisotopic (exact) mass is 287 g/mol. The Balaban J connectivity index is 2.26. The summed E-state index contributed by atoms with van der Waals surface area (Å²) in [4.78, 5) is 1.98. The van der Waals surface area contributed by atoms with Crippen LogP contribution in [-0.4, -0.2) is 15.8 Å². The Morgan fingerprint density at radius 1 is 1.29 bits per heavy atom. The van der Waals surface area contributed by atoms with Crippen LogP contribution in [0.1, 0.15) is 18.5 Å². The molecule has 0 saturated carbocycles. The average Bonchev–Trinajstić information content (AvgIpc) is 2.73. The van der Waals surface area contributed by atoms with Gasteiger partial charge in [0, 0.05) is 12.1 Å². The molecule has 0 N–H and O–H groups in total. The normalized spacial score (nSPS) is 12.5. The van der Waals surface area contributed by atoms with E-state index in [1.807, 2.05) is 36.2 Å². The molecule has 3 nitrogen and oxygen atoms in total. The topological polar surface area (TPSA) is 29.0 Å². The molecule has 1 atom stereocenters. The first-order chi connectivity index (χ1) is 8.09. The minimum atomic E-state index is 0.134. The zero-order valence-electron chi connectivity index (χ0n) is 9.39. The van der Waals surface area contributed by atoms with Crippen LogP contribution in [-0.2, 0) is 0 Å². The molecule has 1 heterocycles. The maximum atomic E-state index is 5.98. The van der Waals surface area contributed by atoms with Gasteiger partial charge in [-0.1, -0.05) is 35.3 Å². The molecule has 0 spiro atoms. The van der Waals surface area contributed by atoms with Crippen molar-refractivity contribution < 1.29 is 0 Å². The Morgan fingerprint density at radius 2 is 2.06 bits per heavy atom. The van der Waals surface area contributed by atoms with E-state index in [1.165, 1.54) is 0 Å². The van der Waals surface area contributed by atoms with E-state index in [-0.39, 0.29) is 6.04 Å². The van der Waals surface area contributed by atoms with Crippen LogP contribution in [0.25, 0.3) is 0 Å². The van der Waals surface area contributed by atoms with E-state index >= 15 is 0 Å². The molecule has 0 amide bonds. The maximum Gasteiger partial charge on any atom is 0.187 e. The van der Waals surface area contributed by atoms with Gasteiger partial charge in [-0.05, 0) is 24.6 Å². The van der Waals surface area contributed by atoms with E-state index in [0.29, 0.717) is 11.0 Å². The minimum absolute atomic E-state index is 0.134. The minimum Gasteiger partial charge on any atom is -0.349 e. The van der Waals surface area contributed by atoms with E-state index < -0.39 is 0 Å². The lowest BCUT2D eigenvalue weighted by molar-refractivity contribution is 0.732. The summed E-state index contributed by atoms with van der Waals surface area (Å²) < 4.78 is 8.14. The molecule has 0 saturated heterocycles. The van der Waals surface area contributed by atoms with Crippen molar-refractivity contribution in [2.75, 3.05) is 11.9 Å². The van der Waals surface area contributed by atoms with Gasteiger partial charge in [-0.15, -0.1) is 0 Å². The summed E-state index contributed by atoms with van der Waals surface area (Å²) in [6.45, 7) is 2.07. The van der Waals surface area contributed by atoms with Gasteiger partial charge >= 0.3 is 0 Å². The quantitative estimate of drug-likeness (QED) is 0.853. The molecule has 0 aliphatic heterocycles. The Labute approximate surface area is 114 Å². The van der Waals surface area contributed by atoms with Gasteiger partial charge in [0.15, 0.2) is 11.0 Å². The van der Waals surface area contributed by atoms with Crippen molar-refractivity contribution in [3.63, 3.8) is 0 Å². The summed E-state index contributed by atoms with van der Waals surface area (Å²) in [6.07, 6.45) is 0. The number of halogens is 2. The zero-order chi connectivity index (χ0) is 12.4. The molecule has 90 valence electrons. The third-order valence-corrected chi connectivity index (χ3v) is 3.79. The standard InChI is InChI=1S/C11H11Cl2N3S/c1-7(8-4-3-5-9(12)6-8)16(2)11-10(13)14-17-15-11/h3-7H,1-2H3. The molecule has 0 aliphatic rings. The second-order valence-corrected chi connectivity index (χ2v) is 5.04. The van der Waals surface area contributed by atoms with Crippen LogP contribution < -0.4 is 4.90 Å². The van der Waals surface area contributed by atoms with Crippen LogP contribution in [0.4, 0.5) is 5.82 Å². The smallest absolute Gasteiger partial charge is 0.187 e. The van der Waals surface area contributed by atoms with Gasteiger partial charge in [-0.3, -0.25) is 0 Å². The molecule has 1 aromatic heterocycles. The first-order valence-electron chi connectivity index (χ1n) is 5.06. The van der Waals surface area contributed by atoms with Crippen molar-refractivity contribution in [3.8, 4) is 0 Å². The van der Waals surface area contributed by atoms with Gasteiger partial charge < -0.3 is 4.90 Å². The van der Waals surface area contributed by atoms with Gasteiger partial charge in [-0.25, -0.2) is 0 Å². The predicted molar refractivity (Wildman–Crippen MR) is 73.2 cm³/mol. The Hall–Kier alpha value is -0.840. The van der Waals surface area contributed by atoms with Crippen LogP contribution in [0.5, 0.6) is 0 Å².